The first-order valence-corrected chi connectivity index (χ1v) is 8.63. The lowest BCUT2D eigenvalue weighted by Gasteiger charge is -2.08. The molecular weight excluding hydrogens is 339 g/mol. The van der Waals surface area contributed by atoms with Crippen molar-refractivity contribution < 1.29 is 9.18 Å². The molecule has 132 valence electrons. The van der Waals surface area contributed by atoms with Crippen LogP contribution in [0, 0.1) is 12.7 Å². The molecular formula is C23H17FN2O. The minimum absolute atomic E-state index is 0.276. The summed E-state index contributed by atoms with van der Waals surface area (Å²) in [6, 6.07) is 23.2. The fourth-order valence-corrected chi connectivity index (χ4v) is 2.93. The van der Waals surface area contributed by atoms with E-state index < -0.39 is 0 Å². The number of nitrogens with zero attached hydrogens (tertiary/aromatic N) is 1. The number of aryl methyl sites for hydroxylation is 1. The van der Waals surface area contributed by atoms with Crippen molar-refractivity contribution in [3.8, 4) is 11.3 Å². The zero-order chi connectivity index (χ0) is 18.8. The van der Waals surface area contributed by atoms with Gasteiger partial charge in [-0.15, -0.1) is 0 Å². The van der Waals surface area contributed by atoms with E-state index in [1.807, 2.05) is 42.5 Å². The first kappa shape index (κ1) is 16.9. The van der Waals surface area contributed by atoms with Crippen molar-refractivity contribution in [3.63, 3.8) is 0 Å². The molecule has 4 rings (SSSR count). The summed E-state index contributed by atoms with van der Waals surface area (Å²) in [5, 5.41) is 3.92. The van der Waals surface area contributed by atoms with Crippen molar-refractivity contribution in [2.75, 3.05) is 5.32 Å². The number of amides is 1. The highest BCUT2D eigenvalue weighted by Gasteiger charge is 2.07. The largest absolute Gasteiger partial charge is 0.322 e. The monoisotopic (exact) mass is 356 g/mol. The van der Waals surface area contributed by atoms with E-state index >= 15 is 0 Å². The van der Waals surface area contributed by atoms with Crippen LogP contribution in [0.25, 0.3) is 22.2 Å². The molecule has 0 fully saturated rings. The number of fused-ring (bicyclic) bond motifs is 1. The molecule has 0 aliphatic rings. The SMILES string of the molecule is Cc1ccc2nc(-c3ccc(NC(=O)c4ccc(F)cc4)cc3)ccc2c1. The van der Waals surface area contributed by atoms with Crippen molar-refractivity contribution in [2.45, 2.75) is 6.92 Å². The molecule has 3 nitrogen and oxygen atoms in total. The molecule has 0 bridgehead atoms. The molecule has 1 N–H and O–H groups in total. The maximum Gasteiger partial charge on any atom is 0.255 e. The van der Waals surface area contributed by atoms with Gasteiger partial charge in [0.25, 0.3) is 5.91 Å². The van der Waals surface area contributed by atoms with Gasteiger partial charge in [-0.2, -0.15) is 0 Å². The predicted molar refractivity (Wildman–Crippen MR) is 106 cm³/mol. The smallest absolute Gasteiger partial charge is 0.255 e. The molecule has 0 atom stereocenters. The second kappa shape index (κ2) is 7.00. The van der Waals surface area contributed by atoms with E-state index in [0.717, 1.165) is 22.2 Å². The van der Waals surface area contributed by atoms with Crippen molar-refractivity contribution in [2.24, 2.45) is 0 Å². The van der Waals surface area contributed by atoms with Gasteiger partial charge in [0.05, 0.1) is 11.2 Å². The third-order valence-corrected chi connectivity index (χ3v) is 4.39. The van der Waals surface area contributed by atoms with Crippen molar-refractivity contribution in [1.29, 1.82) is 0 Å². The molecule has 1 heterocycles. The second-order valence-electron chi connectivity index (χ2n) is 6.43. The number of hydrogen-bond acceptors (Lipinski definition) is 2. The minimum atomic E-state index is -0.367. The first-order chi connectivity index (χ1) is 13.1. The number of pyridine rings is 1. The van der Waals surface area contributed by atoms with Gasteiger partial charge in [0.15, 0.2) is 0 Å². The number of benzene rings is 3. The van der Waals surface area contributed by atoms with E-state index in [-0.39, 0.29) is 11.7 Å². The Kier molecular flexibility index (Phi) is 4.38. The molecule has 0 aliphatic heterocycles. The topological polar surface area (TPSA) is 42.0 Å². The van der Waals surface area contributed by atoms with Crippen LogP contribution in [0.15, 0.2) is 78.9 Å². The molecule has 0 radical (unpaired) electrons. The zero-order valence-electron chi connectivity index (χ0n) is 14.7. The van der Waals surface area contributed by atoms with Gasteiger partial charge in [0.1, 0.15) is 5.82 Å². The fourth-order valence-electron chi connectivity index (χ4n) is 2.93. The Morgan fingerprint density at radius 1 is 0.889 bits per heavy atom. The molecule has 4 aromatic rings. The van der Waals surface area contributed by atoms with E-state index in [4.69, 9.17) is 4.98 Å². The van der Waals surface area contributed by atoms with E-state index in [9.17, 15) is 9.18 Å². The van der Waals surface area contributed by atoms with Gasteiger partial charge in [0, 0.05) is 22.2 Å². The van der Waals surface area contributed by atoms with Crippen LogP contribution >= 0.6 is 0 Å². The molecule has 0 saturated heterocycles. The van der Waals surface area contributed by atoms with Crippen LogP contribution in [0.5, 0.6) is 0 Å². The number of carbonyl (C=O) groups excluding carboxylic acids is 1. The van der Waals surface area contributed by atoms with E-state index in [2.05, 4.69) is 24.4 Å². The van der Waals surface area contributed by atoms with Gasteiger partial charge in [0.2, 0.25) is 0 Å². The van der Waals surface area contributed by atoms with Crippen molar-refractivity contribution in [1.82, 2.24) is 4.98 Å². The quantitative estimate of drug-likeness (QED) is 0.519. The Morgan fingerprint density at radius 3 is 2.37 bits per heavy atom. The highest BCUT2D eigenvalue weighted by Crippen LogP contribution is 2.23. The summed E-state index contributed by atoms with van der Waals surface area (Å²) in [7, 11) is 0. The maximum absolute atomic E-state index is 13.0. The summed E-state index contributed by atoms with van der Waals surface area (Å²) in [6.45, 7) is 2.06. The van der Waals surface area contributed by atoms with Crippen molar-refractivity contribution >= 4 is 22.5 Å². The lowest BCUT2D eigenvalue weighted by molar-refractivity contribution is 0.102. The summed E-state index contributed by atoms with van der Waals surface area (Å²) in [4.78, 5) is 16.9. The Morgan fingerprint density at radius 2 is 1.63 bits per heavy atom. The number of hydrogen-bond donors (Lipinski definition) is 1. The number of anilines is 1. The Bertz CT molecular complexity index is 1120. The Labute approximate surface area is 156 Å². The predicted octanol–water partition coefficient (Wildman–Crippen LogP) is 5.60. The van der Waals surface area contributed by atoms with Gasteiger partial charge in [-0.25, -0.2) is 9.37 Å². The van der Waals surface area contributed by atoms with Crippen LogP contribution in [0.2, 0.25) is 0 Å². The van der Waals surface area contributed by atoms with Crippen LogP contribution in [-0.4, -0.2) is 10.9 Å². The normalized spacial score (nSPS) is 10.7. The van der Waals surface area contributed by atoms with Gasteiger partial charge in [-0.3, -0.25) is 4.79 Å². The molecule has 4 heteroatoms. The lowest BCUT2D eigenvalue weighted by Crippen LogP contribution is -2.11. The molecule has 27 heavy (non-hydrogen) atoms. The number of nitrogens with one attached hydrogen (secondary N) is 1. The first-order valence-electron chi connectivity index (χ1n) is 8.63. The average Bonchev–Trinajstić information content (AvgIpc) is 2.68. The summed E-state index contributed by atoms with van der Waals surface area (Å²) in [5.74, 6) is -0.643. The van der Waals surface area contributed by atoms with Gasteiger partial charge in [-0.1, -0.05) is 29.8 Å². The molecule has 0 aliphatic carbocycles. The van der Waals surface area contributed by atoms with Gasteiger partial charge >= 0.3 is 0 Å². The fraction of sp³-hybridized carbons (Fsp3) is 0.0435. The molecule has 0 spiro atoms. The highest BCUT2D eigenvalue weighted by atomic mass is 19.1. The Hall–Kier alpha value is -3.53. The van der Waals surface area contributed by atoms with Crippen LogP contribution in [-0.2, 0) is 0 Å². The molecule has 3 aromatic carbocycles. The van der Waals surface area contributed by atoms with Crippen LogP contribution < -0.4 is 5.32 Å². The van der Waals surface area contributed by atoms with Crippen molar-refractivity contribution in [3.05, 3.63) is 95.8 Å². The van der Waals surface area contributed by atoms with E-state index in [0.29, 0.717) is 11.3 Å². The number of halogens is 1. The summed E-state index contributed by atoms with van der Waals surface area (Å²) >= 11 is 0. The second-order valence-corrected chi connectivity index (χ2v) is 6.43. The van der Waals surface area contributed by atoms with Crippen LogP contribution in [0.3, 0.4) is 0 Å². The highest BCUT2D eigenvalue weighted by molar-refractivity contribution is 6.04. The third kappa shape index (κ3) is 3.70. The number of aromatic nitrogens is 1. The summed E-state index contributed by atoms with van der Waals surface area (Å²) < 4.78 is 13.0. The average molecular weight is 356 g/mol. The number of rotatable bonds is 3. The summed E-state index contributed by atoms with van der Waals surface area (Å²) in [6.07, 6.45) is 0. The summed E-state index contributed by atoms with van der Waals surface area (Å²) in [5.41, 5.74) is 5.08. The van der Waals surface area contributed by atoms with E-state index in [1.165, 1.54) is 29.8 Å². The van der Waals surface area contributed by atoms with Crippen LogP contribution in [0.4, 0.5) is 10.1 Å². The minimum Gasteiger partial charge on any atom is -0.322 e. The van der Waals surface area contributed by atoms with Gasteiger partial charge in [-0.05, 0) is 61.5 Å². The lowest BCUT2D eigenvalue weighted by atomic mass is 10.1. The Balaban J connectivity index is 1.54. The molecule has 0 unspecified atom stereocenters. The van der Waals surface area contributed by atoms with E-state index in [1.54, 1.807) is 0 Å². The molecule has 1 amide bonds. The number of carbonyl (C=O) groups is 1. The zero-order valence-corrected chi connectivity index (χ0v) is 14.7. The third-order valence-electron chi connectivity index (χ3n) is 4.39. The van der Waals surface area contributed by atoms with Gasteiger partial charge < -0.3 is 5.32 Å². The standard InChI is InChI=1S/C23H17FN2O/c1-15-2-12-22-18(14-15)7-13-21(26-22)16-5-10-20(11-6-16)25-23(27)17-3-8-19(24)9-4-17/h2-14H,1H3,(H,25,27). The molecule has 1 aromatic heterocycles. The maximum atomic E-state index is 13.0. The van der Waals surface area contributed by atoms with Crippen LogP contribution in [0.1, 0.15) is 15.9 Å². The molecule has 0 saturated carbocycles.